The molecule has 33 heavy (non-hydrogen) atoms. The maximum atomic E-state index is 12.3. The van der Waals surface area contributed by atoms with E-state index in [2.05, 4.69) is 32.4 Å². The van der Waals surface area contributed by atoms with Gasteiger partial charge in [-0.15, -0.1) is 0 Å². The molecule has 0 saturated heterocycles. The second-order valence-electron chi connectivity index (χ2n) is 12.5. The van der Waals surface area contributed by atoms with E-state index in [-0.39, 0.29) is 23.2 Å². The zero-order chi connectivity index (χ0) is 24.0. The molecule has 0 aromatic heterocycles. The van der Waals surface area contributed by atoms with Crippen molar-refractivity contribution in [1.29, 1.82) is 0 Å². The maximum Gasteiger partial charge on any atom is 0.374 e. The molecule has 0 spiro atoms. The number of rotatable bonds is 7. The van der Waals surface area contributed by atoms with Crippen LogP contribution in [0.4, 0.5) is 0 Å². The first-order valence-corrected chi connectivity index (χ1v) is 13.4. The molecular formula is C28H46O5. The van der Waals surface area contributed by atoms with Gasteiger partial charge in [-0.05, 0) is 97.2 Å². The average Bonchev–Trinajstić information content (AvgIpc) is 3.14. The van der Waals surface area contributed by atoms with E-state index < -0.39 is 5.97 Å². The lowest BCUT2D eigenvalue weighted by Gasteiger charge is -2.63. The molecule has 5 nitrogen and oxygen atoms in total. The summed E-state index contributed by atoms with van der Waals surface area (Å²) in [5.74, 6) is 3.07. The largest absolute Gasteiger partial charge is 0.463 e. The number of carbonyl (C=O) groups excluding carboxylic acids is 2. The number of esters is 1. The fourth-order valence-electron chi connectivity index (χ4n) is 9.35. The van der Waals surface area contributed by atoms with Crippen LogP contribution in [-0.4, -0.2) is 38.9 Å². The Bertz CT molecular complexity index is 736. The van der Waals surface area contributed by atoms with Crippen molar-refractivity contribution in [3.63, 3.8) is 0 Å². The fourth-order valence-corrected chi connectivity index (χ4v) is 9.35. The monoisotopic (exact) mass is 462 g/mol. The summed E-state index contributed by atoms with van der Waals surface area (Å²) in [6.07, 6.45) is 10.6. The predicted octanol–water partition coefficient (Wildman–Crippen LogP) is 5.65. The molecule has 0 bridgehead atoms. The molecule has 4 aliphatic carbocycles. The first kappa shape index (κ1) is 25.2. The van der Waals surface area contributed by atoms with Crippen LogP contribution < -0.4 is 0 Å². The minimum absolute atomic E-state index is 0.198. The van der Waals surface area contributed by atoms with E-state index in [1.165, 1.54) is 52.1 Å². The number of hydrogen-bond donors (Lipinski definition) is 0. The molecule has 4 saturated carbocycles. The Labute approximate surface area is 200 Å². The number of ether oxygens (including phenoxy) is 3. The van der Waals surface area contributed by atoms with Gasteiger partial charge in [-0.25, -0.2) is 4.79 Å². The first-order valence-electron chi connectivity index (χ1n) is 13.4. The molecule has 0 heterocycles. The van der Waals surface area contributed by atoms with Crippen LogP contribution >= 0.6 is 0 Å². The van der Waals surface area contributed by atoms with E-state index in [4.69, 9.17) is 9.47 Å². The van der Waals surface area contributed by atoms with Crippen LogP contribution in [-0.2, 0) is 23.8 Å². The molecule has 4 rings (SSSR count). The minimum Gasteiger partial charge on any atom is -0.463 e. The third-order valence-electron chi connectivity index (χ3n) is 11.0. The van der Waals surface area contributed by atoms with Crippen LogP contribution in [0, 0.1) is 52.3 Å². The minimum atomic E-state index is -0.698. The lowest BCUT2D eigenvalue weighted by Crippen LogP contribution is -2.58. The topological polar surface area (TPSA) is 61.8 Å². The molecule has 4 aliphatic rings. The van der Waals surface area contributed by atoms with Gasteiger partial charge in [0.05, 0.1) is 13.2 Å². The Morgan fingerprint density at radius 2 is 1.67 bits per heavy atom. The van der Waals surface area contributed by atoms with E-state index in [1.807, 2.05) is 0 Å². The molecule has 2 unspecified atom stereocenters. The average molecular weight is 463 g/mol. The summed E-state index contributed by atoms with van der Waals surface area (Å²) in [6, 6.07) is 0. The quantitative estimate of drug-likeness (QED) is 0.278. The summed E-state index contributed by atoms with van der Waals surface area (Å²) >= 11 is 0. The first-order chi connectivity index (χ1) is 15.7. The number of Topliss-reactive ketones (excluding diaryl/α,β-unsaturated/α-hetero) is 1. The summed E-state index contributed by atoms with van der Waals surface area (Å²) in [5, 5.41) is 0. The number of hydrogen-bond acceptors (Lipinski definition) is 5. The molecule has 0 radical (unpaired) electrons. The number of ketones is 1. The van der Waals surface area contributed by atoms with Crippen molar-refractivity contribution in [2.24, 2.45) is 52.3 Å². The third-order valence-corrected chi connectivity index (χ3v) is 11.0. The lowest BCUT2D eigenvalue weighted by atomic mass is 9.43. The summed E-state index contributed by atoms with van der Waals surface area (Å²) in [5.41, 5.74) is 0.632. The number of methoxy groups -OCH3 is 2. The molecule has 0 aliphatic heterocycles. The summed E-state index contributed by atoms with van der Waals surface area (Å²) in [6.45, 7) is 10.1. The molecule has 5 heteroatoms. The Hall–Kier alpha value is -0.940. The van der Waals surface area contributed by atoms with E-state index in [1.54, 1.807) is 7.11 Å². The SMILES string of the molecule is COCO[C@@H]1C[C@@H]2C[C@H](C)CC[C@]2(C)C2CC[C@]3(C)[C@@H]([C@H](C)CC(=O)C(=O)OC)CC[C@H]3C21. The van der Waals surface area contributed by atoms with Crippen molar-refractivity contribution >= 4 is 11.8 Å². The molecule has 0 N–H and O–H groups in total. The molecule has 0 amide bonds. The van der Waals surface area contributed by atoms with Crippen LogP contribution in [0.5, 0.6) is 0 Å². The van der Waals surface area contributed by atoms with Crippen LogP contribution in [0.3, 0.4) is 0 Å². The van der Waals surface area contributed by atoms with Gasteiger partial charge in [-0.3, -0.25) is 4.79 Å². The highest BCUT2D eigenvalue weighted by Crippen LogP contribution is 2.69. The summed E-state index contributed by atoms with van der Waals surface area (Å²) in [4.78, 5) is 24.1. The third kappa shape index (κ3) is 4.30. The Balaban J connectivity index is 1.58. The van der Waals surface area contributed by atoms with Crippen molar-refractivity contribution in [1.82, 2.24) is 0 Å². The van der Waals surface area contributed by atoms with Crippen LogP contribution in [0.25, 0.3) is 0 Å². The van der Waals surface area contributed by atoms with Gasteiger partial charge in [0.2, 0.25) is 5.78 Å². The van der Waals surface area contributed by atoms with Crippen molar-refractivity contribution in [3.8, 4) is 0 Å². The Kier molecular flexibility index (Phi) is 7.32. The number of fused-ring (bicyclic) bond motifs is 5. The summed E-state index contributed by atoms with van der Waals surface area (Å²) in [7, 11) is 3.02. The Morgan fingerprint density at radius 3 is 2.36 bits per heavy atom. The van der Waals surface area contributed by atoms with E-state index in [0.29, 0.717) is 36.4 Å². The zero-order valence-corrected chi connectivity index (χ0v) is 21.7. The van der Waals surface area contributed by atoms with Crippen molar-refractivity contribution < 1.29 is 23.8 Å². The van der Waals surface area contributed by atoms with Crippen molar-refractivity contribution in [3.05, 3.63) is 0 Å². The Morgan fingerprint density at radius 1 is 0.970 bits per heavy atom. The van der Waals surface area contributed by atoms with Gasteiger partial charge in [0, 0.05) is 13.5 Å². The van der Waals surface area contributed by atoms with Crippen molar-refractivity contribution in [2.75, 3.05) is 21.0 Å². The van der Waals surface area contributed by atoms with E-state index >= 15 is 0 Å². The van der Waals surface area contributed by atoms with Crippen LogP contribution in [0.1, 0.15) is 85.5 Å². The predicted molar refractivity (Wildman–Crippen MR) is 127 cm³/mol. The highest BCUT2D eigenvalue weighted by Gasteiger charge is 2.63. The van der Waals surface area contributed by atoms with Gasteiger partial charge in [0.15, 0.2) is 0 Å². The molecule has 188 valence electrons. The normalized spacial score (nSPS) is 45.5. The van der Waals surface area contributed by atoms with Crippen LogP contribution in [0.15, 0.2) is 0 Å². The number of carbonyl (C=O) groups is 2. The van der Waals surface area contributed by atoms with Crippen molar-refractivity contribution in [2.45, 2.75) is 91.6 Å². The fraction of sp³-hybridized carbons (Fsp3) is 0.929. The summed E-state index contributed by atoms with van der Waals surface area (Å²) < 4.78 is 16.5. The van der Waals surface area contributed by atoms with Gasteiger partial charge in [0.25, 0.3) is 0 Å². The molecule has 10 atom stereocenters. The highest BCUT2D eigenvalue weighted by molar-refractivity contribution is 6.33. The standard InChI is InChI=1S/C28H46O5/c1-17-9-11-27(3)19(13-17)15-24(33-16-31-5)25-21-8-7-20(28(21,4)12-10-22(25)27)18(2)14-23(29)26(30)32-6/h17-22,24-25H,7-16H2,1-6H3/t17-,18-,19+,20-,21+,22?,24-,25?,27+,28-/m1/s1. The second-order valence-corrected chi connectivity index (χ2v) is 12.5. The molecule has 0 aromatic rings. The molecule has 0 aromatic carbocycles. The highest BCUT2D eigenvalue weighted by atomic mass is 16.7. The van der Waals surface area contributed by atoms with E-state index in [9.17, 15) is 9.59 Å². The van der Waals surface area contributed by atoms with E-state index in [0.717, 1.165) is 24.2 Å². The molecule has 4 fully saturated rings. The van der Waals surface area contributed by atoms with Gasteiger partial charge in [0.1, 0.15) is 6.79 Å². The zero-order valence-electron chi connectivity index (χ0n) is 21.7. The van der Waals surface area contributed by atoms with Gasteiger partial charge < -0.3 is 14.2 Å². The van der Waals surface area contributed by atoms with Gasteiger partial charge in [-0.2, -0.15) is 0 Å². The smallest absolute Gasteiger partial charge is 0.374 e. The molecular weight excluding hydrogens is 416 g/mol. The lowest BCUT2D eigenvalue weighted by molar-refractivity contribution is -0.204. The van der Waals surface area contributed by atoms with Gasteiger partial charge in [-0.1, -0.05) is 34.1 Å². The second kappa shape index (κ2) is 9.60. The van der Waals surface area contributed by atoms with Gasteiger partial charge >= 0.3 is 5.97 Å². The maximum absolute atomic E-state index is 12.3. The van der Waals surface area contributed by atoms with Crippen LogP contribution in [0.2, 0.25) is 0 Å².